The molecular weight excluding hydrogens is 262 g/mol. The molecule has 0 amide bonds. The van der Waals surface area contributed by atoms with Gasteiger partial charge in [0.15, 0.2) is 0 Å². The Labute approximate surface area is 129 Å². The summed E-state index contributed by atoms with van der Waals surface area (Å²) in [6.07, 6.45) is 1.54. The Bertz CT molecular complexity index is 434. The maximum atomic E-state index is 5.96. The summed E-state index contributed by atoms with van der Waals surface area (Å²) in [5.41, 5.74) is 1.41. The molecule has 0 bridgehead atoms. The quantitative estimate of drug-likeness (QED) is 0.891. The molecule has 2 unspecified atom stereocenters. The zero-order valence-electron chi connectivity index (χ0n) is 14.0. The third-order valence-electron chi connectivity index (χ3n) is 3.69. The fraction of sp³-hybridized carbons (Fsp3) is 0.667. The van der Waals surface area contributed by atoms with Gasteiger partial charge in [-0.3, -0.25) is 0 Å². The van der Waals surface area contributed by atoms with Crippen molar-refractivity contribution >= 4 is 0 Å². The van der Waals surface area contributed by atoms with Gasteiger partial charge in [-0.2, -0.15) is 0 Å². The molecule has 1 heterocycles. The van der Waals surface area contributed by atoms with Crippen molar-refractivity contribution < 1.29 is 9.47 Å². The summed E-state index contributed by atoms with van der Waals surface area (Å²) in [6.45, 7) is 12.6. The molecular formula is C18H29NO2. The maximum Gasteiger partial charge on any atom is 0.119 e. The van der Waals surface area contributed by atoms with Crippen molar-refractivity contribution in [2.24, 2.45) is 5.92 Å². The summed E-state index contributed by atoms with van der Waals surface area (Å²) >= 11 is 0. The van der Waals surface area contributed by atoms with Gasteiger partial charge in [0, 0.05) is 24.6 Å². The Hall–Kier alpha value is -1.06. The maximum absolute atomic E-state index is 5.96. The molecule has 3 heteroatoms. The van der Waals surface area contributed by atoms with Crippen molar-refractivity contribution in [3.63, 3.8) is 0 Å². The fourth-order valence-electron chi connectivity index (χ4n) is 2.66. The van der Waals surface area contributed by atoms with Crippen LogP contribution >= 0.6 is 0 Å². The molecule has 118 valence electrons. The van der Waals surface area contributed by atoms with Gasteiger partial charge in [-0.05, 0) is 58.7 Å². The van der Waals surface area contributed by atoms with Gasteiger partial charge < -0.3 is 14.8 Å². The lowest BCUT2D eigenvalue weighted by molar-refractivity contribution is 0.0889. The first-order chi connectivity index (χ1) is 9.85. The summed E-state index contributed by atoms with van der Waals surface area (Å²) in [5.74, 6) is 1.47. The Balaban J connectivity index is 1.99. The number of hydrogen-bond donors (Lipinski definition) is 1. The zero-order valence-corrected chi connectivity index (χ0v) is 14.0. The molecule has 1 saturated heterocycles. The highest BCUT2D eigenvalue weighted by Gasteiger charge is 2.30. The van der Waals surface area contributed by atoms with Crippen LogP contribution in [0.3, 0.4) is 0 Å². The Kier molecular flexibility index (Phi) is 5.28. The van der Waals surface area contributed by atoms with E-state index in [-0.39, 0.29) is 17.7 Å². The molecule has 1 aromatic rings. The molecule has 1 N–H and O–H groups in total. The first kappa shape index (κ1) is 16.3. The van der Waals surface area contributed by atoms with Gasteiger partial charge in [-0.15, -0.1) is 0 Å². The number of benzene rings is 1. The molecule has 1 fully saturated rings. The van der Waals surface area contributed by atoms with E-state index in [9.17, 15) is 0 Å². The molecule has 0 saturated carbocycles. The van der Waals surface area contributed by atoms with E-state index in [0.717, 1.165) is 25.3 Å². The summed E-state index contributed by atoms with van der Waals surface area (Å²) in [5, 5.41) is 3.60. The topological polar surface area (TPSA) is 30.5 Å². The van der Waals surface area contributed by atoms with Crippen LogP contribution in [0.1, 0.15) is 52.7 Å². The van der Waals surface area contributed by atoms with Gasteiger partial charge in [0.1, 0.15) is 5.75 Å². The van der Waals surface area contributed by atoms with Crippen LogP contribution in [0, 0.1) is 5.92 Å². The summed E-state index contributed by atoms with van der Waals surface area (Å²) in [7, 11) is 0. The minimum absolute atomic E-state index is 0.155. The van der Waals surface area contributed by atoms with Crippen molar-refractivity contribution in [1.82, 2.24) is 5.32 Å². The largest absolute Gasteiger partial charge is 0.491 e. The standard InChI is InChI=1S/C18H29NO2/c1-13(2)21-16-8-6-14(7-9-16)17-15(10-11-20-17)12-19-18(3,4)5/h6-9,13,15,17,19H,10-12H2,1-5H3. The van der Waals surface area contributed by atoms with Crippen LogP contribution in [0.4, 0.5) is 0 Å². The van der Waals surface area contributed by atoms with E-state index < -0.39 is 0 Å². The smallest absolute Gasteiger partial charge is 0.119 e. The van der Waals surface area contributed by atoms with Crippen LogP contribution in [0.25, 0.3) is 0 Å². The molecule has 0 aliphatic carbocycles. The van der Waals surface area contributed by atoms with Crippen LogP contribution in [0.15, 0.2) is 24.3 Å². The second kappa shape index (κ2) is 6.80. The lowest BCUT2D eigenvalue weighted by Gasteiger charge is -2.26. The first-order valence-corrected chi connectivity index (χ1v) is 7.98. The van der Waals surface area contributed by atoms with Crippen molar-refractivity contribution in [3.8, 4) is 5.75 Å². The van der Waals surface area contributed by atoms with E-state index in [1.54, 1.807) is 0 Å². The molecule has 1 aromatic carbocycles. The number of ether oxygens (including phenoxy) is 2. The van der Waals surface area contributed by atoms with Crippen molar-refractivity contribution in [2.45, 2.75) is 58.8 Å². The Morgan fingerprint density at radius 3 is 2.48 bits per heavy atom. The summed E-state index contributed by atoms with van der Waals surface area (Å²) in [4.78, 5) is 0. The number of nitrogens with one attached hydrogen (secondary N) is 1. The van der Waals surface area contributed by atoms with E-state index in [2.05, 4.69) is 38.2 Å². The SMILES string of the molecule is CC(C)Oc1ccc(C2OCCC2CNC(C)(C)C)cc1. The molecule has 3 nitrogen and oxygen atoms in total. The van der Waals surface area contributed by atoms with Crippen molar-refractivity contribution in [1.29, 1.82) is 0 Å². The van der Waals surface area contributed by atoms with E-state index in [1.807, 2.05) is 26.0 Å². The van der Waals surface area contributed by atoms with Crippen molar-refractivity contribution in [2.75, 3.05) is 13.2 Å². The van der Waals surface area contributed by atoms with Crippen molar-refractivity contribution in [3.05, 3.63) is 29.8 Å². The van der Waals surface area contributed by atoms with Crippen LogP contribution in [0.2, 0.25) is 0 Å². The minimum atomic E-state index is 0.155. The highest BCUT2D eigenvalue weighted by Crippen LogP contribution is 2.35. The van der Waals surface area contributed by atoms with Gasteiger partial charge in [-0.1, -0.05) is 12.1 Å². The van der Waals surface area contributed by atoms with E-state index in [0.29, 0.717) is 5.92 Å². The first-order valence-electron chi connectivity index (χ1n) is 7.98. The van der Waals surface area contributed by atoms with Gasteiger partial charge in [0.25, 0.3) is 0 Å². The van der Waals surface area contributed by atoms with Crippen LogP contribution < -0.4 is 10.1 Å². The van der Waals surface area contributed by atoms with Crippen LogP contribution in [-0.2, 0) is 4.74 Å². The summed E-state index contributed by atoms with van der Waals surface area (Å²) in [6, 6.07) is 8.37. The highest BCUT2D eigenvalue weighted by molar-refractivity contribution is 5.29. The predicted molar refractivity (Wildman–Crippen MR) is 86.8 cm³/mol. The molecule has 2 atom stereocenters. The second-order valence-corrected chi connectivity index (χ2v) is 7.21. The van der Waals surface area contributed by atoms with Gasteiger partial charge in [-0.25, -0.2) is 0 Å². The number of hydrogen-bond acceptors (Lipinski definition) is 3. The third kappa shape index (κ3) is 5.01. The van der Waals surface area contributed by atoms with Gasteiger partial charge in [0.05, 0.1) is 12.2 Å². The van der Waals surface area contributed by atoms with Crippen LogP contribution in [0.5, 0.6) is 5.75 Å². The van der Waals surface area contributed by atoms with E-state index in [4.69, 9.17) is 9.47 Å². The molecule has 21 heavy (non-hydrogen) atoms. The van der Waals surface area contributed by atoms with E-state index >= 15 is 0 Å². The average Bonchev–Trinajstić information content (AvgIpc) is 2.84. The van der Waals surface area contributed by atoms with E-state index in [1.165, 1.54) is 5.56 Å². The third-order valence-corrected chi connectivity index (χ3v) is 3.69. The van der Waals surface area contributed by atoms with Crippen LogP contribution in [-0.4, -0.2) is 24.8 Å². The second-order valence-electron chi connectivity index (χ2n) is 7.21. The predicted octanol–water partition coefficient (Wildman–Crippen LogP) is 3.94. The fourth-order valence-corrected chi connectivity index (χ4v) is 2.66. The molecule has 1 aliphatic rings. The lowest BCUT2D eigenvalue weighted by atomic mass is 9.94. The Morgan fingerprint density at radius 1 is 1.24 bits per heavy atom. The molecule has 1 aliphatic heterocycles. The summed E-state index contributed by atoms with van der Waals surface area (Å²) < 4.78 is 11.7. The average molecular weight is 291 g/mol. The molecule has 2 rings (SSSR count). The minimum Gasteiger partial charge on any atom is -0.491 e. The normalized spacial score (nSPS) is 22.8. The molecule has 0 radical (unpaired) electrons. The van der Waals surface area contributed by atoms with Gasteiger partial charge >= 0.3 is 0 Å². The van der Waals surface area contributed by atoms with Gasteiger partial charge in [0.2, 0.25) is 0 Å². The molecule has 0 spiro atoms. The number of rotatable bonds is 5. The Morgan fingerprint density at radius 2 is 1.90 bits per heavy atom. The highest BCUT2D eigenvalue weighted by atomic mass is 16.5. The zero-order chi connectivity index (χ0) is 15.5. The monoisotopic (exact) mass is 291 g/mol. The lowest BCUT2D eigenvalue weighted by Crippen LogP contribution is -2.39. The molecule has 0 aromatic heterocycles.